The summed E-state index contributed by atoms with van der Waals surface area (Å²) in [4.78, 5) is 0. The summed E-state index contributed by atoms with van der Waals surface area (Å²) in [6, 6.07) is 7.16. The molecule has 0 bridgehead atoms. The van der Waals surface area contributed by atoms with Crippen molar-refractivity contribution in [2.45, 2.75) is 37.8 Å². The molecule has 0 aromatic heterocycles. The van der Waals surface area contributed by atoms with Crippen molar-refractivity contribution in [1.82, 2.24) is 0 Å². The lowest BCUT2D eigenvalue weighted by Gasteiger charge is -2.32. The Kier molecular flexibility index (Phi) is 3.26. The van der Waals surface area contributed by atoms with Crippen LogP contribution in [0, 0.1) is 11.3 Å². The van der Waals surface area contributed by atoms with E-state index >= 15 is 0 Å². The second kappa shape index (κ2) is 4.34. The number of fused-ring (bicyclic) bond motifs is 1. The lowest BCUT2D eigenvalue weighted by Crippen LogP contribution is -2.43. The molecule has 0 spiro atoms. The van der Waals surface area contributed by atoms with Crippen molar-refractivity contribution in [1.29, 1.82) is 5.26 Å². The van der Waals surface area contributed by atoms with E-state index in [1.54, 1.807) is 18.2 Å². The van der Waals surface area contributed by atoms with Gasteiger partial charge >= 0.3 is 0 Å². The SMILES string of the molecule is C[Si](C)(C)O[C@@]1(C#N)c2ccc(Cl)cc2C[C@H]1F. The molecule has 1 aliphatic carbocycles. The van der Waals surface area contributed by atoms with Crippen LogP contribution in [0.2, 0.25) is 24.7 Å². The molecule has 0 fully saturated rings. The molecule has 18 heavy (non-hydrogen) atoms. The Hall–Kier alpha value is -0.893. The number of rotatable bonds is 2. The molecule has 0 radical (unpaired) electrons. The zero-order valence-corrected chi connectivity index (χ0v) is 12.4. The molecular weight excluding hydrogens is 269 g/mol. The van der Waals surface area contributed by atoms with Crippen LogP contribution in [-0.4, -0.2) is 14.5 Å². The predicted molar refractivity (Wildman–Crippen MR) is 71.8 cm³/mol. The zero-order valence-electron chi connectivity index (χ0n) is 10.6. The molecule has 0 saturated heterocycles. The molecular formula is C13H15ClFNOSi. The molecule has 2 rings (SSSR count). The minimum absolute atomic E-state index is 0.188. The van der Waals surface area contributed by atoms with E-state index in [2.05, 4.69) is 6.07 Å². The molecule has 2 nitrogen and oxygen atoms in total. The number of hydrogen-bond donors (Lipinski definition) is 0. The molecule has 1 aromatic rings. The van der Waals surface area contributed by atoms with Gasteiger partial charge < -0.3 is 4.43 Å². The van der Waals surface area contributed by atoms with Gasteiger partial charge in [0.15, 0.2) is 8.32 Å². The third kappa shape index (κ3) is 2.18. The highest BCUT2D eigenvalue weighted by Gasteiger charge is 2.51. The van der Waals surface area contributed by atoms with Crippen LogP contribution >= 0.6 is 11.6 Å². The van der Waals surface area contributed by atoms with E-state index in [1.807, 2.05) is 19.6 Å². The van der Waals surface area contributed by atoms with Gasteiger partial charge in [-0.3, -0.25) is 0 Å². The van der Waals surface area contributed by atoms with E-state index in [4.69, 9.17) is 16.0 Å². The summed E-state index contributed by atoms with van der Waals surface area (Å²) >= 11 is 5.90. The summed E-state index contributed by atoms with van der Waals surface area (Å²) in [7, 11) is -2.03. The summed E-state index contributed by atoms with van der Waals surface area (Å²) in [5.74, 6) is 0. The first-order chi connectivity index (χ1) is 8.28. The summed E-state index contributed by atoms with van der Waals surface area (Å²) < 4.78 is 20.2. The first kappa shape index (κ1) is 13.5. The Bertz CT molecular complexity index is 523. The molecule has 0 heterocycles. The number of nitrogens with zero attached hydrogens (tertiary/aromatic N) is 1. The normalized spacial score (nSPS) is 26.8. The third-order valence-electron chi connectivity index (χ3n) is 2.94. The van der Waals surface area contributed by atoms with E-state index in [1.165, 1.54) is 0 Å². The number of nitriles is 1. The van der Waals surface area contributed by atoms with Gasteiger partial charge in [0, 0.05) is 17.0 Å². The van der Waals surface area contributed by atoms with Gasteiger partial charge in [0.05, 0.1) is 0 Å². The highest BCUT2D eigenvalue weighted by molar-refractivity contribution is 6.69. The molecule has 0 unspecified atom stereocenters. The third-order valence-corrected chi connectivity index (χ3v) is 4.11. The fraction of sp³-hybridized carbons (Fsp3) is 0.462. The van der Waals surface area contributed by atoms with E-state index < -0.39 is 20.1 Å². The smallest absolute Gasteiger partial charge is 0.202 e. The fourth-order valence-electron chi connectivity index (χ4n) is 2.35. The summed E-state index contributed by atoms with van der Waals surface area (Å²) in [6.45, 7) is 5.85. The number of benzene rings is 1. The van der Waals surface area contributed by atoms with Gasteiger partial charge in [0.1, 0.15) is 12.2 Å². The van der Waals surface area contributed by atoms with Crippen LogP contribution in [-0.2, 0) is 16.4 Å². The molecule has 5 heteroatoms. The van der Waals surface area contributed by atoms with Crippen LogP contribution in [0.25, 0.3) is 0 Å². The Morgan fingerprint density at radius 1 is 1.50 bits per heavy atom. The van der Waals surface area contributed by atoms with Gasteiger partial charge in [-0.15, -0.1) is 0 Å². The summed E-state index contributed by atoms with van der Waals surface area (Å²) in [6.07, 6.45) is -1.14. The largest absolute Gasteiger partial charge is 0.394 e. The van der Waals surface area contributed by atoms with Crippen LogP contribution in [0.5, 0.6) is 0 Å². The second-order valence-electron chi connectivity index (χ2n) is 5.54. The van der Waals surface area contributed by atoms with E-state index in [9.17, 15) is 9.65 Å². The van der Waals surface area contributed by atoms with E-state index in [0.717, 1.165) is 5.56 Å². The Morgan fingerprint density at radius 3 is 2.72 bits per heavy atom. The van der Waals surface area contributed by atoms with Gasteiger partial charge in [-0.25, -0.2) is 4.39 Å². The highest BCUT2D eigenvalue weighted by atomic mass is 35.5. The molecule has 0 aliphatic heterocycles. The summed E-state index contributed by atoms with van der Waals surface area (Å²) in [5, 5.41) is 10.00. The van der Waals surface area contributed by atoms with Crippen LogP contribution in [0.4, 0.5) is 4.39 Å². The van der Waals surface area contributed by atoms with E-state index in [-0.39, 0.29) is 6.42 Å². The Balaban J connectivity index is 2.54. The van der Waals surface area contributed by atoms with Crippen LogP contribution in [0.3, 0.4) is 0 Å². The first-order valence-electron chi connectivity index (χ1n) is 5.83. The fourth-order valence-corrected chi connectivity index (χ4v) is 3.80. The van der Waals surface area contributed by atoms with Crippen molar-refractivity contribution in [2.24, 2.45) is 0 Å². The maximum absolute atomic E-state index is 14.3. The average Bonchev–Trinajstić information content (AvgIpc) is 2.49. The maximum Gasteiger partial charge on any atom is 0.202 e. The first-order valence-corrected chi connectivity index (χ1v) is 9.61. The van der Waals surface area contributed by atoms with Crippen molar-refractivity contribution < 1.29 is 8.82 Å². The van der Waals surface area contributed by atoms with Gasteiger partial charge in [0.25, 0.3) is 0 Å². The van der Waals surface area contributed by atoms with Crippen molar-refractivity contribution in [3.8, 4) is 6.07 Å². The number of halogens is 2. The molecule has 2 atom stereocenters. The molecule has 0 N–H and O–H groups in total. The highest BCUT2D eigenvalue weighted by Crippen LogP contribution is 2.44. The molecule has 0 saturated carbocycles. The molecule has 0 amide bonds. The molecule has 1 aliphatic rings. The molecule has 1 aromatic carbocycles. The minimum Gasteiger partial charge on any atom is -0.394 e. The van der Waals surface area contributed by atoms with Gasteiger partial charge in [0.2, 0.25) is 5.60 Å². The lowest BCUT2D eigenvalue weighted by molar-refractivity contribution is 0.0413. The Morgan fingerprint density at radius 2 is 2.17 bits per heavy atom. The quantitative estimate of drug-likeness (QED) is 0.774. The average molecular weight is 284 g/mol. The second-order valence-corrected chi connectivity index (χ2v) is 10.4. The number of alkyl halides is 1. The van der Waals surface area contributed by atoms with Gasteiger partial charge in [-0.2, -0.15) is 5.26 Å². The Labute approximate surface area is 112 Å². The van der Waals surface area contributed by atoms with Gasteiger partial charge in [-0.1, -0.05) is 17.7 Å². The van der Waals surface area contributed by atoms with Crippen LogP contribution < -0.4 is 0 Å². The standard InChI is InChI=1S/C13H15ClFNOSi/c1-18(2,3)17-13(8-16)11-5-4-10(14)6-9(11)7-12(13)15/h4-6,12H,7H2,1-3H3/t12-,13+/m1/s1. The molecule has 96 valence electrons. The minimum atomic E-state index is -2.03. The number of hydrogen-bond acceptors (Lipinski definition) is 2. The van der Waals surface area contributed by atoms with Crippen LogP contribution in [0.1, 0.15) is 11.1 Å². The predicted octanol–water partition coefficient (Wildman–Crippen LogP) is 3.80. The topological polar surface area (TPSA) is 33.0 Å². The maximum atomic E-state index is 14.3. The zero-order chi connectivity index (χ0) is 13.6. The lowest BCUT2D eigenvalue weighted by atomic mass is 9.97. The monoisotopic (exact) mass is 283 g/mol. The van der Waals surface area contributed by atoms with Crippen molar-refractivity contribution in [3.05, 3.63) is 34.3 Å². The van der Waals surface area contributed by atoms with Gasteiger partial charge in [-0.05, 0) is 37.3 Å². The van der Waals surface area contributed by atoms with Crippen molar-refractivity contribution in [3.63, 3.8) is 0 Å². The summed E-state index contributed by atoms with van der Waals surface area (Å²) in [5.41, 5.74) is -0.0520. The van der Waals surface area contributed by atoms with E-state index in [0.29, 0.717) is 10.6 Å². The van der Waals surface area contributed by atoms with Crippen molar-refractivity contribution >= 4 is 19.9 Å². The van der Waals surface area contributed by atoms with Crippen LogP contribution in [0.15, 0.2) is 18.2 Å². The van der Waals surface area contributed by atoms with Crippen molar-refractivity contribution in [2.75, 3.05) is 0 Å².